The molecule has 0 bridgehead atoms. The number of amides is 6. The van der Waals surface area contributed by atoms with E-state index in [-0.39, 0.29) is 108 Å². The second-order valence-electron chi connectivity index (χ2n) is 21.7. The SMILES string of the molecule is C[C@@H]1CN(C(=O)c2ccccc2)CCN1C(=O)C(=O)c1cnc2n(O)cccc1-2.Cc1ccc2c(C(=O)C(=O)N3CCN(C(=O)c4ccccc4)C[C@H]3C)c[nH]c2n1.Cc1ccnc2[nH]cc(C(=O)C(=O)N3CCN(C(=O)c4ccccc4)C[C@H]3C)c12.[CH3-].[I-].[Mg+2]. The fourth-order valence-electron chi connectivity index (χ4n) is 11.3. The molecule has 12 rings (SSSR count). The molecule has 3 saturated heterocycles. The maximum atomic E-state index is 12.9. The zero-order chi connectivity index (χ0) is 61.6. The number of aromatic nitrogens is 6. The molecule has 3 N–H and O–H groups in total. The van der Waals surface area contributed by atoms with Crippen LogP contribution in [0.5, 0.6) is 0 Å². The van der Waals surface area contributed by atoms with Crippen molar-refractivity contribution < 1.29 is 72.3 Å². The van der Waals surface area contributed by atoms with Crippen molar-refractivity contribution in [2.45, 2.75) is 52.7 Å². The van der Waals surface area contributed by atoms with Gasteiger partial charge in [-0.1, -0.05) is 54.6 Å². The molecular weight excluding hydrogens is 1270 g/mol. The van der Waals surface area contributed by atoms with E-state index in [9.17, 15) is 48.4 Å². The minimum Gasteiger partial charge on any atom is -1.00 e. The van der Waals surface area contributed by atoms with Gasteiger partial charge in [0.15, 0.2) is 5.82 Å². The number of piperazine rings is 3. The molecular formula is C66H67IMgN12O10. The monoisotopic (exact) mass is 1340 g/mol. The molecule has 5 aliphatic rings. The fraction of sp³-hybridized carbons (Fsp3) is 0.258. The topological polar surface area (TPSA) is 268 Å². The van der Waals surface area contributed by atoms with Gasteiger partial charge in [0.2, 0.25) is 0 Å². The summed E-state index contributed by atoms with van der Waals surface area (Å²) in [5, 5.41) is 11.1. The maximum Gasteiger partial charge on any atom is 2.00 e. The van der Waals surface area contributed by atoms with E-state index in [1.54, 1.807) is 91.5 Å². The van der Waals surface area contributed by atoms with E-state index >= 15 is 0 Å². The Balaban J connectivity index is 0.000000189. The van der Waals surface area contributed by atoms with Crippen molar-refractivity contribution in [3.63, 3.8) is 0 Å². The molecule has 24 heteroatoms. The molecule has 0 saturated carbocycles. The van der Waals surface area contributed by atoms with Gasteiger partial charge in [0.25, 0.3) is 52.8 Å². The molecule has 5 aliphatic heterocycles. The van der Waals surface area contributed by atoms with Crippen LogP contribution >= 0.6 is 0 Å². The first-order valence-corrected chi connectivity index (χ1v) is 28.5. The van der Waals surface area contributed by atoms with E-state index in [2.05, 4.69) is 24.9 Å². The number of benzene rings is 3. The van der Waals surface area contributed by atoms with Gasteiger partial charge in [-0.25, -0.2) is 15.0 Å². The van der Waals surface area contributed by atoms with Gasteiger partial charge in [-0.3, -0.25) is 43.2 Å². The van der Waals surface area contributed by atoms with Crippen LogP contribution in [0.25, 0.3) is 33.5 Å². The van der Waals surface area contributed by atoms with Crippen LogP contribution in [0.3, 0.4) is 0 Å². The third-order valence-corrected chi connectivity index (χ3v) is 15.9. The van der Waals surface area contributed by atoms with Crippen LogP contribution in [0.15, 0.2) is 152 Å². The number of halogens is 1. The minimum atomic E-state index is -0.673. The van der Waals surface area contributed by atoms with E-state index in [4.69, 9.17) is 0 Å². The predicted octanol–water partition coefficient (Wildman–Crippen LogP) is 3.71. The first-order chi connectivity index (χ1) is 41.9. The molecule has 0 spiro atoms. The molecule has 7 aromatic rings. The average Bonchev–Trinajstić information content (AvgIpc) is 1.97. The van der Waals surface area contributed by atoms with Crippen LogP contribution in [0, 0.1) is 21.3 Å². The summed E-state index contributed by atoms with van der Waals surface area (Å²) in [7, 11) is 0. The summed E-state index contributed by atoms with van der Waals surface area (Å²) in [6.45, 7) is 12.5. The minimum absolute atomic E-state index is 0. The maximum absolute atomic E-state index is 12.9. The number of ketones is 3. The first kappa shape index (κ1) is 68.3. The number of aryl methyl sites for hydroxylation is 2. The number of H-pyrrole nitrogens is 2. The van der Waals surface area contributed by atoms with Crippen molar-refractivity contribution in [1.29, 1.82) is 0 Å². The molecule has 90 heavy (non-hydrogen) atoms. The molecule has 3 fully saturated rings. The predicted molar refractivity (Wildman–Crippen MR) is 333 cm³/mol. The number of hydrogen-bond acceptors (Lipinski definition) is 13. The van der Waals surface area contributed by atoms with Gasteiger partial charge in [0.05, 0.1) is 16.7 Å². The molecule has 0 unspecified atom stereocenters. The van der Waals surface area contributed by atoms with Crippen LogP contribution in [0.1, 0.15) is 94.2 Å². The van der Waals surface area contributed by atoms with Gasteiger partial charge in [0, 0.05) is 147 Å². The van der Waals surface area contributed by atoms with Crippen LogP contribution in [-0.2, 0) is 14.4 Å². The standard InChI is InChI=1S/2C22H22N4O3.C21H20N4O4.CH3.HI.Mg/c1-14-8-9-23-20-18(14)17(12-24-20)19(27)22(29)26-11-10-25(13-15(26)2)21(28)16-6-4-3-5-7-16;1-14-8-9-17-18(12-23-20(17)24-14)19(27)22(29)26-11-10-25(13-15(26)2)21(28)16-6-4-3-5-7-16;1-14-13-23(20(27)15-6-3-2-4-7-15)10-11-24(14)21(28)18(26)17-12-22-19-16(17)8-5-9-25(19)29;;;/h2*3-9,12,15H,10-11,13H2,1-2H3,(H,23,24);2-9,12,14,29H,10-11,13H2,1H3;1H3;1H;/q;;;-1;;+2/p-1/t2*15-;14-;;;/m111.../s1. The normalized spacial score (nSPS) is 16.3. The Labute approximate surface area is 553 Å². The zero-order valence-corrected chi connectivity index (χ0v) is 54.3. The third kappa shape index (κ3) is 14.5. The summed E-state index contributed by atoms with van der Waals surface area (Å²) in [5.74, 6) is -3.51. The Morgan fingerprint density at radius 2 is 0.922 bits per heavy atom. The van der Waals surface area contributed by atoms with E-state index in [1.165, 1.54) is 23.5 Å². The van der Waals surface area contributed by atoms with E-state index in [0.717, 1.165) is 16.0 Å². The van der Waals surface area contributed by atoms with Crippen molar-refractivity contribution >= 4 is 97.9 Å². The Bertz CT molecular complexity index is 4060. The average molecular weight is 1340 g/mol. The summed E-state index contributed by atoms with van der Waals surface area (Å²) in [6, 6.07) is 35.0. The number of carbonyl (C=O) groups excluding carboxylic acids is 9. The third-order valence-electron chi connectivity index (χ3n) is 15.9. The number of pyridine rings is 3. The smallest absolute Gasteiger partial charge is 1.00 e. The molecule has 9 heterocycles. The number of nitrogens with zero attached hydrogens (tertiary/aromatic N) is 10. The van der Waals surface area contributed by atoms with Crippen LogP contribution in [0.4, 0.5) is 0 Å². The quantitative estimate of drug-likeness (QED) is 0.0465. The van der Waals surface area contributed by atoms with Crippen molar-refractivity contribution in [1.82, 2.24) is 59.0 Å². The molecule has 0 aliphatic carbocycles. The number of Topliss-reactive ketones (excluding diaryl/α,β-unsaturated/α-hetero) is 3. The Kier molecular flexibility index (Phi) is 22.7. The van der Waals surface area contributed by atoms with Crippen LogP contribution in [0.2, 0.25) is 0 Å². The number of aromatic amines is 2. The van der Waals surface area contributed by atoms with Crippen LogP contribution < -0.4 is 24.0 Å². The number of rotatable bonds is 9. The second kappa shape index (κ2) is 29.9. The summed E-state index contributed by atoms with van der Waals surface area (Å²) in [4.78, 5) is 144. The molecule has 3 atom stereocenters. The van der Waals surface area contributed by atoms with Crippen LogP contribution in [-0.4, -0.2) is 217 Å². The fourth-order valence-corrected chi connectivity index (χ4v) is 11.3. The molecule has 22 nitrogen and oxygen atoms in total. The summed E-state index contributed by atoms with van der Waals surface area (Å²) in [5.41, 5.74) is 5.98. The number of nitrogens with one attached hydrogen (secondary N) is 2. The Morgan fingerprint density at radius 1 is 0.500 bits per heavy atom. The van der Waals surface area contributed by atoms with Gasteiger partial charge in [-0.15, -0.1) is 0 Å². The van der Waals surface area contributed by atoms with Gasteiger partial charge in [-0.2, -0.15) is 4.73 Å². The largest absolute Gasteiger partial charge is 2.00 e. The van der Waals surface area contributed by atoms with E-state index in [1.807, 2.05) is 101 Å². The molecule has 4 aromatic heterocycles. The summed E-state index contributed by atoms with van der Waals surface area (Å²) < 4.78 is 0.813. The number of fused-ring (bicyclic) bond motifs is 3. The van der Waals surface area contributed by atoms with Gasteiger partial charge >= 0.3 is 23.1 Å². The molecule has 0 radical (unpaired) electrons. The van der Waals surface area contributed by atoms with Crippen molar-refractivity contribution in [2.24, 2.45) is 0 Å². The van der Waals surface area contributed by atoms with E-state index < -0.39 is 35.1 Å². The summed E-state index contributed by atoms with van der Waals surface area (Å²) in [6.07, 6.45) is 7.45. The van der Waals surface area contributed by atoms with Crippen molar-refractivity contribution in [3.8, 4) is 11.4 Å². The zero-order valence-electron chi connectivity index (χ0n) is 50.7. The number of carbonyl (C=O) groups is 9. The molecule has 460 valence electrons. The number of hydrogen-bond donors (Lipinski definition) is 3. The molecule has 6 amide bonds. The van der Waals surface area contributed by atoms with E-state index in [0.29, 0.717) is 108 Å². The molecule has 3 aromatic carbocycles. The first-order valence-electron chi connectivity index (χ1n) is 28.5. The van der Waals surface area contributed by atoms with Gasteiger partial charge < -0.3 is 76.0 Å². The summed E-state index contributed by atoms with van der Waals surface area (Å²) >= 11 is 0. The Hall–Kier alpha value is -9.14. The van der Waals surface area contributed by atoms with Gasteiger partial charge in [0.1, 0.15) is 11.3 Å². The van der Waals surface area contributed by atoms with Gasteiger partial charge in [-0.05, 0) is 107 Å². The Morgan fingerprint density at radius 3 is 1.38 bits per heavy atom. The van der Waals surface area contributed by atoms with Crippen molar-refractivity contribution in [2.75, 3.05) is 58.9 Å². The van der Waals surface area contributed by atoms with Crippen molar-refractivity contribution in [3.05, 3.63) is 204 Å². The second-order valence-corrected chi connectivity index (χ2v) is 21.7.